The molecule has 1 aliphatic heterocycles. The van der Waals surface area contributed by atoms with Gasteiger partial charge in [0.05, 0.1) is 13.2 Å². The van der Waals surface area contributed by atoms with Gasteiger partial charge in [0.25, 0.3) is 0 Å². The Kier molecular flexibility index (Phi) is 8.91. The molecular weight excluding hydrogens is 413 g/mol. The standard InChI is InChI=1S/C24H32FN3O2S/c1-3-29-22-10-7-19(17-23(22)30-4-2)11-12-26-24(31)28-15-13-27(14-16-28)18-20-5-8-21(25)9-6-20/h5-10,17H,3-4,11-16,18H2,1-2H3,(H,26,31). The number of rotatable bonds is 9. The lowest BCUT2D eigenvalue weighted by atomic mass is 10.1. The fourth-order valence-corrected chi connectivity index (χ4v) is 3.92. The van der Waals surface area contributed by atoms with Crippen LogP contribution in [0.5, 0.6) is 11.5 Å². The van der Waals surface area contributed by atoms with Crippen molar-refractivity contribution in [3.63, 3.8) is 0 Å². The molecule has 0 amide bonds. The molecule has 31 heavy (non-hydrogen) atoms. The quantitative estimate of drug-likeness (QED) is 0.591. The predicted octanol–water partition coefficient (Wildman–Crippen LogP) is 3.86. The normalized spacial score (nSPS) is 14.4. The second-order valence-corrected chi connectivity index (χ2v) is 7.91. The molecule has 2 aromatic rings. The number of piperazine rings is 1. The number of hydrogen-bond donors (Lipinski definition) is 1. The Morgan fingerprint density at radius 1 is 0.935 bits per heavy atom. The molecule has 0 aliphatic carbocycles. The Balaban J connectivity index is 1.41. The lowest BCUT2D eigenvalue weighted by Crippen LogP contribution is -2.51. The monoisotopic (exact) mass is 445 g/mol. The van der Waals surface area contributed by atoms with E-state index in [0.29, 0.717) is 13.2 Å². The van der Waals surface area contributed by atoms with E-state index in [1.165, 1.54) is 17.7 Å². The van der Waals surface area contributed by atoms with Crippen molar-refractivity contribution < 1.29 is 13.9 Å². The van der Waals surface area contributed by atoms with E-state index in [4.69, 9.17) is 21.7 Å². The van der Waals surface area contributed by atoms with Crippen LogP contribution in [0.1, 0.15) is 25.0 Å². The SMILES string of the molecule is CCOc1ccc(CCNC(=S)N2CCN(Cc3ccc(F)cc3)CC2)cc1OCC. The third-order valence-corrected chi connectivity index (χ3v) is 5.68. The summed E-state index contributed by atoms with van der Waals surface area (Å²) in [6.07, 6.45) is 0.858. The number of benzene rings is 2. The molecule has 0 unspecified atom stereocenters. The van der Waals surface area contributed by atoms with Crippen molar-refractivity contribution >= 4 is 17.3 Å². The van der Waals surface area contributed by atoms with Crippen LogP contribution in [0.4, 0.5) is 4.39 Å². The molecule has 0 radical (unpaired) electrons. The third kappa shape index (κ3) is 7.08. The molecule has 0 spiro atoms. The zero-order valence-corrected chi connectivity index (χ0v) is 19.2. The summed E-state index contributed by atoms with van der Waals surface area (Å²) in [6.45, 7) is 10.5. The molecule has 3 rings (SSSR count). The summed E-state index contributed by atoms with van der Waals surface area (Å²) >= 11 is 5.60. The van der Waals surface area contributed by atoms with Crippen LogP contribution < -0.4 is 14.8 Å². The average Bonchev–Trinajstić information content (AvgIpc) is 2.78. The summed E-state index contributed by atoms with van der Waals surface area (Å²) < 4.78 is 24.4. The minimum absolute atomic E-state index is 0.190. The van der Waals surface area contributed by atoms with Gasteiger partial charge in [0, 0.05) is 39.3 Å². The fraction of sp³-hybridized carbons (Fsp3) is 0.458. The minimum Gasteiger partial charge on any atom is -0.490 e. The van der Waals surface area contributed by atoms with E-state index in [2.05, 4.69) is 21.2 Å². The molecule has 7 heteroatoms. The van der Waals surface area contributed by atoms with Gasteiger partial charge in [-0.3, -0.25) is 4.90 Å². The van der Waals surface area contributed by atoms with E-state index in [1.54, 1.807) is 0 Å². The molecule has 168 valence electrons. The average molecular weight is 446 g/mol. The number of ether oxygens (including phenoxy) is 2. The number of nitrogens with one attached hydrogen (secondary N) is 1. The van der Waals surface area contributed by atoms with E-state index in [-0.39, 0.29) is 5.82 Å². The van der Waals surface area contributed by atoms with Crippen LogP contribution in [0.25, 0.3) is 0 Å². The maximum absolute atomic E-state index is 13.1. The summed E-state index contributed by atoms with van der Waals surface area (Å²) in [6, 6.07) is 12.8. The van der Waals surface area contributed by atoms with Gasteiger partial charge in [-0.2, -0.15) is 0 Å². The topological polar surface area (TPSA) is 37.0 Å². The van der Waals surface area contributed by atoms with Gasteiger partial charge in [-0.25, -0.2) is 4.39 Å². The Bertz CT molecular complexity index is 839. The molecule has 0 aromatic heterocycles. The van der Waals surface area contributed by atoms with Crippen molar-refractivity contribution in [1.29, 1.82) is 0 Å². The van der Waals surface area contributed by atoms with Gasteiger partial charge in [0.1, 0.15) is 5.82 Å². The first-order valence-corrected chi connectivity index (χ1v) is 11.4. The van der Waals surface area contributed by atoms with Crippen LogP contribution in [0.15, 0.2) is 42.5 Å². The molecule has 2 aromatic carbocycles. The molecule has 5 nitrogen and oxygen atoms in total. The predicted molar refractivity (Wildman–Crippen MR) is 126 cm³/mol. The first kappa shape index (κ1) is 23.3. The van der Waals surface area contributed by atoms with Gasteiger partial charge in [-0.15, -0.1) is 0 Å². The second kappa shape index (κ2) is 11.9. The van der Waals surface area contributed by atoms with Crippen molar-refractivity contribution in [3.8, 4) is 11.5 Å². The Morgan fingerprint density at radius 3 is 2.26 bits per heavy atom. The summed E-state index contributed by atoms with van der Waals surface area (Å²) in [7, 11) is 0. The van der Waals surface area contributed by atoms with Gasteiger partial charge in [-0.05, 0) is 67.9 Å². The van der Waals surface area contributed by atoms with E-state index in [0.717, 1.165) is 67.9 Å². The van der Waals surface area contributed by atoms with Gasteiger partial charge in [-0.1, -0.05) is 18.2 Å². The highest BCUT2D eigenvalue weighted by molar-refractivity contribution is 7.80. The molecule has 0 saturated carbocycles. The molecule has 1 heterocycles. The Labute approximate surface area is 190 Å². The molecule has 0 bridgehead atoms. The van der Waals surface area contributed by atoms with Gasteiger partial charge < -0.3 is 19.7 Å². The summed E-state index contributed by atoms with van der Waals surface area (Å²) in [5.41, 5.74) is 2.32. The fourth-order valence-electron chi connectivity index (χ4n) is 3.63. The van der Waals surface area contributed by atoms with Crippen LogP contribution >= 0.6 is 12.2 Å². The van der Waals surface area contributed by atoms with Crippen LogP contribution in [0.2, 0.25) is 0 Å². The van der Waals surface area contributed by atoms with Crippen LogP contribution in [-0.2, 0) is 13.0 Å². The third-order valence-electron chi connectivity index (χ3n) is 5.28. The lowest BCUT2D eigenvalue weighted by molar-refractivity contribution is 0.174. The largest absolute Gasteiger partial charge is 0.490 e. The number of nitrogens with zero attached hydrogens (tertiary/aromatic N) is 2. The Morgan fingerprint density at radius 2 is 1.58 bits per heavy atom. The van der Waals surface area contributed by atoms with Crippen LogP contribution in [0, 0.1) is 5.82 Å². The number of hydrogen-bond acceptors (Lipinski definition) is 4. The van der Waals surface area contributed by atoms with E-state index in [1.807, 2.05) is 38.1 Å². The smallest absolute Gasteiger partial charge is 0.169 e. The maximum atomic E-state index is 13.1. The van der Waals surface area contributed by atoms with Gasteiger partial charge in [0.2, 0.25) is 0 Å². The molecule has 1 aliphatic rings. The highest BCUT2D eigenvalue weighted by Gasteiger charge is 2.19. The van der Waals surface area contributed by atoms with E-state index in [9.17, 15) is 4.39 Å². The van der Waals surface area contributed by atoms with E-state index >= 15 is 0 Å². The van der Waals surface area contributed by atoms with Crippen LogP contribution in [-0.4, -0.2) is 60.8 Å². The molecule has 1 N–H and O–H groups in total. The van der Waals surface area contributed by atoms with Crippen molar-refractivity contribution in [1.82, 2.24) is 15.1 Å². The lowest BCUT2D eigenvalue weighted by Gasteiger charge is -2.36. The second-order valence-electron chi connectivity index (χ2n) is 7.52. The van der Waals surface area contributed by atoms with Crippen molar-refractivity contribution in [2.75, 3.05) is 45.9 Å². The summed E-state index contributed by atoms with van der Waals surface area (Å²) in [5, 5.41) is 4.19. The van der Waals surface area contributed by atoms with Crippen molar-refractivity contribution in [2.45, 2.75) is 26.8 Å². The van der Waals surface area contributed by atoms with Crippen molar-refractivity contribution in [3.05, 3.63) is 59.4 Å². The maximum Gasteiger partial charge on any atom is 0.169 e. The number of halogens is 1. The van der Waals surface area contributed by atoms with Crippen molar-refractivity contribution in [2.24, 2.45) is 0 Å². The number of thiocarbonyl (C=S) groups is 1. The molecule has 1 saturated heterocycles. The first-order chi connectivity index (χ1) is 15.1. The molecule has 1 fully saturated rings. The van der Waals surface area contributed by atoms with Gasteiger partial charge >= 0.3 is 0 Å². The van der Waals surface area contributed by atoms with E-state index < -0.39 is 0 Å². The summed E-state index contributed by atoms with van der Waals surface area (Å²) in [5.74, 6) is 1.39. The Hall–Kier alpha value is -2.38. The van der Waals surface area contributed by atoms with Crippen LogP contribution in [0.3, 0.4) is 0 Å². The molecular formula is C24H32FN3O2S. The highest BCUT2D eigenvalue weighted by atomic mass is 32.1. The van der Waals surface area contributed by atoms with Gasteiger partial charge in [0.15, 0.2) is 16.6 Å². The minimum atomic E-state index is -0.190. The molecule has 0 atom stereocenters. The first-order valence-electron chi connectivity index (χ1n) is 11.0. The zero-order chi connectivity index (χ0) is 22.1. The highest BCUT2D eigenvalue weighted by Crippen LogP contribution is 2.28. The summed E-state index contributed by atoms with van der Waals surface area (Å²) in [4.78, 5) is 4.60. The zero-order valence-electron chi connectivity index (χ0n) is 18.4.